The van der Waals surface area contributed by atoms with E-state index in [1.807, 2.05) is 0 Å². The van der Waals surface area contributed by atoms with Crippen molar-refractivity contribution in [2.45, 2.75) is 18.4 Å². The number of halogens is 2. The predicted molar refractivity (Wildman–Crippen MR) is 37.6 cm³/mol. The van der Waals surface area contributed by atoms with Gasteiger partial charge in [-0.15, -0.1) is 24.0 Å². The van der Waals surface area contributed by atoms with Crippen molar-refractivity contribution in [2.75, 3.05) is 6.54 Å². The van der Waals surface area contributed by atoms with Crippen LogP contribution in [0.4, 0.5) is 0 Å². The summed E-state index contributed by atoms with van der Waals surface area (Å²) in [6.07, 6.45) is -0.554. The molecular weight excluding hydrogens is 149 g/mol. The number of aliphatic hydroxyl groups is 1. The van der Waals surface area contributed by atoms with Gasteiger partial charge in [-0.05, 0) is 6.92 Å². The van der Waals surface area contributed by atoms with Crippen LogP contribution in [0.25, 0.3) is 0 Å². The molecule has 0 aromatic carbocycles. The Labute approximate surface area is 60.4 Å². The van der Waals surface area contributed by atoms with Crippen molar-refractivity contribution in [1.82, 2.24) is 0 Å². The van der Waals surface area contributed by atoms with Crippen LogP contribution in [-0.2, 0) is 0 Å². The summed E-state index contributed by atoms with van der Waals surface area (Å²) in [4.78, 5) is 0. The van der Waals surface area contributed by atoms with Crippen LogP contribution in [0.2, 0.25) is 0 Å². The Bertz CT molecular complexity index is 51.3. The van der Waals surface area contributed by atoms with Crippen molar-refractivity contribution in [2.24, 2.45) is 5.73 Å². The van der Waals surface area contributed by atoms with E-state index in [-0.39, 0.29) is 24.3 Å². The fraction of sp³-hybridized carbons (Fsp3) is 1.00. The smallest absolute Gasteiger partial charge is 0.0822 e. The summed E-state index contributed by atoms with van der Waals surface area (Å²) < 4.78 is 0. The highest BCUT2D eigenvalue weighted by Gasteiger charge is 2.06. The van der Waals surface area contributed by atoms with Gasteiger partial charge in [-0.2, -0.15) is 0 Å². The second-order valence-corrected chi connectivity index (χ2v) is 2.17. The van der Waals surface area contributed by atoms with Gasteiger partial charge < -0.3 is 10.8 Å². The first-order chi connectivity index (χ1) is 3.18. The Balaban J connectivity index is 0. The van der Waals surface area contributed by atoms with Crippen LogP contribution in [0.1, 0.15) is 6.92 Å². The van der Waals surface area contributed by atoms with Crippen molar-refractivity contribution >= 4 is 24.0 Å². The van der Waals surface area contributed by atoms with Crippen molar-refractivity contribution in [3.05, 3.63) is 0 Å². The largest absolute Gasteiger partial charge is 0.390 e. The van der Waals surface area contributed by atoms with Crippen LogP contribution < -0.4 is 5.73 Å². The Morgan fingerprint density at radius 3 is 2.12 bits per heavy atom. The average molecular weight is 160 g/mol. The number of hydrogen-bond acceptors (Lipinski definition) is 2. The lowest BCUT2D eigenvalue weighted by Crippen LogP contribution is -2.27. The molecule has 0 saturated carbocycles. The van der Waals surface area contributed by atoms with Crippen LogP contribution in [0, 0.1) is 0 Å². The van der Waals surface area contributed by atoms with Gasteiger partial charge in [-0.25, -0.2) is 0 Å². The third-order valence-electron chi connectivity index (χ3n) is 0.772. The molecule has 0 rings (SSSR count). The first-order valence-corrected chi connectivity index (χ1v) is 2.64. The molecule has 2 nitrogen and oxygen atoms in total. The first kappa shape index (κ1) is 11.3. The molecule has 0 saturated heterocycles. The summed E-state index contributed by atoms with van der Waals surface area (Å²) in [6, 6.07) is 0. The Hall–Kier alpha value is 0.500. The molecule has 0 aliphatic carbocycles. The van der Waals surface area contributed by atoms with E-state index in [1.165, 1.54) is 0 Å². The first-order valence-electron chi connectivity index (χ1n) is 2.20. The summed E-state index contributed by atoms with van der Waals surface area (Å²) in [7, 11) is 0. The van der Waals surface area contributed by atoms with Crippen LogP contribution in [0.3, 0.4) is 0 Å². The monoisotopic (exact) mass is 159 g/mol. The second kappa shape index (κ2) is 5.63. The lowest BCUT2D eigenvalue weighted by atomic mass is 10.3. The zero-order valence-corrected chi connectivity index (χ0v) is 6.25. The van der Waals surface area contributed by atoms with Gasteiger partial charge in [-0.3, -0.25) is 0 Å². The molecule has 0 aromatic heterocycles. The molecule has 8 heavy (non-hydrogen) atoms. The molecule has 0 spiro atoms. The van der Waals surface area contributed by atoms with Gasteiger partial charge in [0.05, 0.1) is 11.5 Å². The van der Waals surface area contributed by atoms with Crippen molar-refractivity contribution in [3.63, 3.8) is 0 Å². The normalized spacial score (nSPS) is 16.5. The second-order valence-electron chi connectivity index (χ2n) is 1.48. The topological polar surface area (TPSA) is 46.2 Å². The quantitative estimate of drug-likeness (QED) is 0.572. The van der Waals surface area contributed by atoms with E-state index in [4.69, 9.17) is 22.4 Å². The van der Waals surface area contributed by atoms with E-state index in [9.17, 15) is 0 Å². The molecule has 0 aliphatic heterocycles. The summed E-state index contributed by atoms with van der Waals surface area (Å²) in [5, 5.41) is 8.45. The summed E-state index contributed by atoms with van der Waals surface area (Å²) in [5.41, 5.74) is 5.04. The zero-order valence-electron chi connectivity index (χ0n) is 4.67. The van der Waals surface area contributed by atoms with Crippen LogP contribution >= 0.6 is 24.0 Å². The third kappa shape index (κ3) is 4.65. The van der Waals surface area contributed by atoms with E-state index in [2.05, 4.69) is 0 Å². The molecule has 0 heterocycles. The van der Waals surface area contributed by atoms with Crippen molar-refractivity contribution in [3.8, 4) is 0 Å². The number of rotatable bonds is 2. The van der Waals surface area contributed by atoms with Gasteiger partial charge in [-0.1, -0.05) is 0 Å². The van der Waals surface area contributed by atoms with Gasteiger partial charge >= 0.3 is 0 Å². The summed E-state index contributed by atoms with van der Waals surface area (Å²) >= 11 is 5.40. The van der Waals surface area contributed by atoms with Gasteiger partial charge in [0.1, 0.15) is 0 Å². The van der Waals surface area contributed by atoms with Crippen LogP contribution in [0.5, 0.6) is 0 Å². The highest BCUT2D eigenvalue weighted by atomic mass is 35.5. The molecule has 0 radical (unpaired) electrons. The lowest BCUT2D eigenvalue weighted by Gasteiger charge is -2.07. The summed E-state index contributed by atoms with van der Waals surface area (Å²) in [5.74, 6) is 0. The third-order valence-corrected chi connectivity index (χ3v) is 1.06. The lowest BCUT2D eigenvalue weighted by molar-refractivity contribution is 0.182. The number of alkyl halides is 1. The minimum Gasteiger partial charge on any atom is -0.390 e. The Morgan fingerprint density at radius 2 is 2.12 bits per heavy atom. The molecule has 3 N–H and O–H groups in total. The maximum absolute atomic E-state index is 8.68. The van der Waals surface area contributed by atoms with Crippen molar-refractivity contribution < 1.29 is 5.11 Å². The molecular formula is C4H11Cl2NO. The molecule has 0 fully saturated rings. The standard InChI is InChI=1S/C4H10ClNO.ClH/c1-3(5)4(7)2-6;/h3-4,7H,2,6H2,1H3;1H. The minimum atomic E-state index is -0.554. The molecule has 2 atom stereocenters. The number of hydrogen-bond donors (Lipinski definition) is 2. The fourth-order valence-electron chi connectivity index (χ4n) is 0.188. The van der Waals surface area contributed by atoms with Gasteiger partial charge in [0.15, 0.2) is 0 Å². The SMILES string of the molecule is CC(Cl)C(O)CN.Cl. The van der Waals surface area contributed by atoms with Gasteiger partial charge in [0, 0.05) is 6.54 Å². The minimum absolute atomic E-state index is 0. The zero-order chi connectivity index (χ0) is 5.86. The number of nitrogens with two attached hydrogens (primary N) is 1. The molecule has 4 heteroatoms. The van der Waals surface area contributed by atoms with Crippen molar-refractivity contribution in [1.29, 1.82) is 0 Å². The molecule has 2 unspecified atom stereocenters. The molecule has 52 valence electrons. The van der Waals surface area contributed by atoms with Crippen LogP contribution in [-0.4, -0.2) is 23.1 Å². The molecule has 0 aromatic rings. The Kier molecular flexibility index (Phi) is 7.97. The summed E-state index contributed by atoms with van der Waals surface area (Å²) in [6.45, 7) is 1.95. The van der Waals surface area contributed by atoms with Gasteiger partial charge in [0.2, 0.25) is 0 Å². The van der Waals surface area contributed by atoms with Crippen LogP contribution in [0.15, 0.2) is 0 Å². The molecule has 0 aliphatic rings. The van der Waals surface area contributed by atoms with Gasteiger partial charge in [0.25, 0.3) is 0 Å². The van der Waals surface area contributed by atoms with E-state index in [0.717, 1.165) is 0 Å². The van der Waals surface area contributed by atoms with E-state index < -0.39 is 6.10 Å². The fourth-order valence-corrected chi connectivity index (χ4v) is 0.290. The van der Waals surface area contributed by atoms with E-state index >= 15 is 0 Å². The number of aliphatic hydroxyl groups excluding tert-OH is 1. The maximum atomic E-state index is 8.68. The highest BCUT2D eigenvalue weighted by Crippen LogP contribution is 1.97. The highest BCUT2D eigenvalue weighted by molar-refractivity contribution is 6.20. The predicted octanol–water partition coefficient (Wildman–Crippen LogP) is 0.355. The molecule has 0 amide bonds. The Morgan fingerprint density at radius 1 is 1.75 bits per heavy atom. The average Bonchev–Trinajstić information content (AvgIpc) is 1.65. The van der Waals surface area contributed by atoms with E-state index in [0.29, 0.717) is 0 Å². The van der Waals surface area contributed by atoms with E-state index in [1.54, 1.807) is 6.92 Å². The molecule has 0 bridgehead atoms. The maximum Gasteiger partial charge on any atom is 0.0822 e.